The molecule has 33 heavy (non-hydrogen) atoms. The number of hydrogen-bond acceptors (Lipinski definition) is 9. The molecular formula is C20H21ClF3N5O3S. The van der Waals surface area contributed by atoms with Gasteiger partial charge in [-0.25, -0.2) is 9.97 Å². The van der Waals surface area contributed by atoms with Crippen molar-refractivity contribution in [2.75, 3.05) is 23.8 Å². The third kappa shape index (κ3) is 5.30. The Morgan fingerprint density at radius 3 is 2.55 bits per heavy atom. The standard InChI is InChI=1S/C20H21ClF3N5O3S/c21-16-13(18-27-10-3-1-2-4-12(10)33-18)17(26-11-7-9(8-30)14(31)15(11)32)29-19(28-16)25-6-5-20(22,23)24/h1-4,9,11,14-15,30-32H,5-8H2,(H2,25,26,28,29)/t9-,11?,14-,15+/m1/s1. The molecule has 13 heteroatoms. The highest BCUT2D eigenvalue weighted by atomic mass is 35.5. The van der Waals surface area contributed by atoms with Crippen LogP contribution in [-0.2, 0) is 0 Å². The Morgan fingerprint density at radius 1 is 1.12 bits per heavy atom. The first-order valence-electron chi connectivity index (χ1n) is 10.1. The van der Waals surface area contributed by atoms with Crippen molar-refractivity contribution in [2.24, 2.45) is 5.92 Å². The number of nitrogens with one attached hydrogen (secondary N) is 2. The van der Waals surface area contributed by atoms with Crippen LogP contribution in [0.15, 0.2) is 24.3 Å². The van der Waals surface area contributed by atoms with Crippen LogP contribution in [0.3, 0.4) is 0 Å². The zero-order chi connectivity index (χ0) is 23.8. The van der Waals surface area contributed by atoms with Crippen molar-refractivity contribution in [2.45, 2.75) is 37.3 Å². The first kappa shape index (κ1) is 23.9. The predicted octanol–water partition coefficient (Wildman–Crippen LogP) is 3.29. The second-order valence-electron chi connectivity index (χ2n) is 7.75. The van der Waals surface area contributed by atoms with Gasteiger partial charge in [0.25, 0.3) is 0 Å². The van der Waals surface area contributed by atoms with Crippen molar-refractivity contribution >= 4 is 44.9 Å². The number of alkyl halides is 3. The fourth-order valence-electron chi connectivity index (χ4n) is 3.73. The van der Waals surface area contributed by atoms with Gasteiger partial charge in [-0.15, -0.1) is 11.3 Å². The molecular weight excluding hydrogens is 483 g/mol. The largest absolute Gasteiger partial charge is 0.396 e. The number of halogens is 4. The lowest BCUT2D eigenvalue weighted by Crippen LogP contribution is -2.35. The van der Waals surface area contributed by atoms with Crippen LogP contribution in [0, 0.1) is 5.92 Å². The normalized spacial score (nSPS) is 23.2. The molecule has 0 aliphatic heterocycles. The van der Waals surface area contributed by atoms with Crippen LogP contribution >= 0.6 is 22.9 Å². The van der Waals surface area contributed by atoms with Crippen molar-refractivity contribution in [3.8, 4) is 10.6 Å². The third-order valence-electron chi connectivity index (χ3n) is 5.42. The molecule has 1 fully saturated rings. The number of rotatable bonds is 7. The SMILES string of the molecule is OC[C@H]1CC(Nc2nc(NCCC(F)(F)F)nc(Cl)c2-c2nc3ccccc3s2)[C@H](O)[C@@H]1O. The minimum Gasteiger partial charge on any atom is -0.396 e. The van der Waals surface area contributed by atoms with E-state index in [1.54, 1.807) is 0 Å². The lowest BCUT2D eigenvalue weighted by Gasteiger charge is -2.21. The highest BCUT2D eigenvalue weighted by molar-refractivity contribution is 7.21. The molecule has 0 spiro atoms. The van der Waals surface area contributed by atoms with E-state index in [4.69, 9.17) is 11.6 Å². The predicted molar refractivity (Wildman–Crippen MR) is 119 cm³/mol. The Hall–Kier alpha value is -2.25. The topological polar surface area (TPSA) is 123 Å². The van der Waals surface area contributed by atoms with E-state index in [1.165, 1.54) is 11.3 Å². The Balaban J connectivity index is 1.70. The van der Waals surface area contributed by atoms with Crippen LogP contribution in [-0.4, -0.2) is 67.8 Å². The van der Waals surface area contributed by atoms with Gasteiger partial charge in [-0.1, -0.05) is 23.7 Å². The van der Waals surface area contributed by atoms with Crippen molar-refractivity contribution in [3.63, 3.8) is 0 Å². The highest BCUT2D eigenvalue weighted by Crippen LogP contribution is 2.40. The Labute approximate surface area is 195 Å². The molecule has 0 radical (unpaired) electrons. The maximum Gasteiger partial charge on any atom is 0.390 e. The fraction of sp³-hybridized carbons (Fsp3) is 0.450. The number of nitrogens with zero attached hydrogens (tertiary/aromatic N) is 3. The molecule has 1 unspecified atom stereocenters. The van der Waals surface area contributed by atoms with Crippen molar-refractivity contribution in [1.29, 1.82) is 0 Å². The lowest BCUT2D eigenvalue weighted by atomic mass is 10.1. The van der Waals surface area contributed by atoms with E-state index in [0.717, 1.165) is 10.2 Å². The zero-order valence-electron chi connectivity index (χ0n) is 17.1. The monoisotopic (exact) mass is 503 g/mol. The van der Waals surface area contributed by atoms with Gasteiger partial charge in [-0.3, -0.25) is 0 Å². The summed E-state index contributed by atoms with van der Waals surface area (Å²) in [4.78, 5) is 13.0. The number of anilines is 2. The average Bonchev–Trinajstić information content (AvgIpc) is 3.28. The number of aliphatic hydroxyl groups is 3. The number of fused-ring (bicyclic) bond motifs is 1. The van der Waals surface area contributed by atoms with Gasteiger partial charge in [-0.2, -0.15) is 18.2 Å². The Kier molecular flexibility index (Phi) is 6.91. The van der Waals surface area contributed by atoms with E-state index in [1.807, 2.05) is 24.3 Å². The Bertz CT molecular complexity index is 1100. The molecule has 2 aromatic heterocycles. The van der Waals surface area contributed by atoms with Crippen molar-refractivity contribution in [3.05, 3.63) is 29.4 Å². The summed E-state index contributed by atoms with van der Waals surface area (Å²) in [5, 5.41) is 36.0. The summed E-state index contributed by atoms with van der Waals surface area (Å²) in [5.74, 6) is -0.508. The molecule has 0 amide bonds. The molecule has 2 heterocycles. The van der Waals surface area contributed by atoms with Gasteiger partial charge in [0.15, 0.2) is 0 Å². The van der Waals surface area contributed by atoms with E-state index >= 15 is 0 Å². The number of hydrogen-bond donors (Lipinski definition) is 5. The molecule has 8 nitrogen and oxygen atoms in total. The zero-order valence-corrected chi connectivity index (χ0v) is 18.6. The molecule has 0 bridgehead atoms. The second kappa shape index (κ2) is 9.55. The number of para-hydroxylation sites is 1. The van der Waals surface area contributed by atoms with Crippen LogP contribution in [0.5, 0.6) is 0 Å². The molecule has 1 aromatic carbocycles. The summed E-state index contributed by atoms with van der Waals surface area (Å²) >= 11 is 7.77. The summed E-state index contributed by atoms with van der Waals surface area (Å²) in [6, 6.07) is 6.73. The summed E-state index contributed by atoms with van der Waals surface area (Å²) < 4.78 is 38.5. The third-order valence-corrected chi connectivity index (χ3v) is 6.75. The van der Waals surface area contributed by atoms with Crippen LogP contribution in [0.1, 0.15) is 12.8 Å². The smallest absolute Gasteiger partial charge is 0.390 e. The first-order chi connectivity index (χ1) is 15.7. The molecule has 3 aromatic rings. The molecule has 4 rings (SSSR count). The van der Waals surface area contributed by atoms with Gasteiger partial charge in [0, 0.05) is 19.1 Å². The van der Waals surface area contributed by atoms with E-state index in [9.17, 15) is 28.5 Å². The highest BCUT2D eigenvalue weighted by Gasteiger charge is 2.41. The van der Waals surface area contributed by atoms with Crippen LogP contribution in [0.25, 0.3) is 20.8 Å². The maximum atomic E-state index is 12.5. The molecule has 4 atom stereocenters. The molecule has 1 aliphatic rings. The summed E-state index contributed by atoms with van der Waals surface area (Å²) in [5.41, 5.74) is 1.05. The Morgan fingerprint density at radius 2 is 1.88 bits per heavy atom. The first-order valence-corrected chi connectivity index (χ1v) is 11.3. The van der Waals surface area contributed by atoms with Crippen LogP contribution in [0.2, 0.25) is 5.15 Å². The van der Waals surface area contributed by atoms with Gasteiger partial charge >= 0.3 is 6.18 Å². The van der Waals surface area contributed by atoms with Crippen LogP contribution < -0.4 is 10.6 Å². The van der Waals surface area contributed by atoms with Gasteiger partial charge < -0.3 is 26.0 Å². The van der Waals surface area contributed by atoms with E-state index < -0.39 is 43.3 Å². The molecule has 5 N–H and O–H groups in total. The minimum atomic E-state index is -4.35. The van der Waals surface area contributed by atoms with Gasteiger partial charge in [0.1, 0.15) is 22.1 Å². The summed E-state index contributed by atoms with van der Waals surface area (Å²) in [6.07, 6.45) is -7.51. The number of thiazole rings is 1. The van der Waals surface area contributed by atoms with Crippen LogP contribution in [0.4, 0.5) is 24.9 Å². The van der Waals surface area contributed by atoms with E-state index in [2.05, 4.69) is 25.6 Å². The molecule has 0 saturated heterocycles. The van der Waals surface area contributed by atoms with Crippen molar-refractivity contribution < 1.29 is 28.5 Å². The minimum absolute atomic E-state index is 0.0344. The van der Waals surface area contributed by atoms with E-state index in [-0.39, 0.29) is 29.9 Å². The number of aromatic nitrogens is 3. The molecule has 1 saturated carbocycles. The van der Waals surface area contributed by atoms with Gasteiger partial charge in [0.05, 0.1) is 34.3 Å². The molecule has 1 aliphatic carbocycles. The average molecular weight is 504 g/mol. The quantitative estimate of drug-likeness (QED) is 0.311. The van der Waals surface area contributed by atoms with Crippen molar-refractivity contribution in [1.82, 2.24) is 15.0 Å². The summed E-state index contributed by atoms with van der Waals surface area (Å²) in [7, 11) is 0. The number of benzene rings is 1. The second-order valence-corrected chi connectivity index (χ2v) is 9.14. The lowest BCUT2D eigenvalue weighted by molar-refractivity contribution is -0.131. The fourth-order valence-corrected chi connectivity index (χ4v) is 5.05. The summed E-state index contributed by atoms with van der Waals surface area (Å²) in [6.45, 7) is -0.757. The number of aliphatic hydroxyl groups excluding tert-OH is 3. The van der Waals surface area contributed by atoms with E-state index in [0.29, 0.717) is 10.6 Å². The maximum absolute atomic E-state index is 12.5. The van der Waals surface area contributed by atoms with Gasteiger partial charge in [0.2, 0.25) is 5.95 Å². The molecule has 178 valence electrons. The van der Waals surface area contributed by atoms with Gasteiger partial charge in [-0.05, 0) is 18.6 Å².